The van der Waals surface area contributed by atoms with Gasteiger partial charge in [-0.15, -0.1) is 0 Å². The Balaban J connectivity index is 0. The van der Waals surface area contributed by atoms with E-state index in [1.54, 1.807) is 0 Å². The van der Waals surface area contributed by atoms with Gasteiger partial charge in [0.05, 0.1) is 0 Å². The summed E-state index contributed by atoms with van der Waals surface area (Å²) in [5, 5.41) is 0. The Bertz CT molecular complexity index is 86.4. The van der Waals surface area contributed by atoms with Crippen LogP contribution in [0.5, 0.6) is 0 Å². The Morgan fingerprint density at radius 3 is 0.182 bits per heavy atom. The second kappa shape index (κ2) is 21.0. The van der Waals surface area contributed by atoms with Crippen molar-refractivity contribution in [1.29, 1.82) is 0 Å². The van der Waals surface area contributed by atoms with Gasteiger partial charge in [0.15, 0.2) is 0 Å². The molecule has 0 atom stereocenters. The van der Waals surface area contributed by atoms with Gasteiger partial charge in [0.1, 0.15) is 0 Å². The van der Waals surface area contributed by atoms with Crippen LogP contribution in [0.3, 0.4) is 0 Å². The molecule has 0 aromatic heterocycles. The summed E-state index contributed by atoms with van der Waals surface area (Å²) in [7, 11) is 0. The SMILES string of the molecule is C.C.C1CCC1.C1CCC1.C1CCC1.C1CCC1.C1CCC1. The van der Waals surface area contributed by atoms with Crippen molar-refractivity contribution >= 4 is 0 Å². The molecule has 0 heterocycles. The van der Waals surface area contributed by atoms with E-state index < -0.39 is 0 Å². The van der Waals surface area contributed by atoms with Gasteiger partial charge in [-0.2, -0.15) is 0 Å². The first-order chi connectivity index (χ1) is 10.0. The topological polar surface area (TPSA) is 0 Å². The van der Waals surface area contributed by atoms with Crippen molar-refractivity contribution in [3.8, 4) is 0 Å². The van der Waals surface area contributed by atoms with E-state index in [0.717, 1.165) is 0 Å². The molecule has 0 aromatic rings. The fourth-order valence-corrected chi connectivity index (χ4v) is 1.25. The van der Waals surface area contributed by atoms with E-state index in [9.17, 15) is 0 Å². The van der Waals surface area contributed by atoms with E-state index >= 15 is 0 Å². The largest absolute Gasteiger partial charge is 0.0776 e. The number of rotatable bonds is 0. The van der Waals surface area contributed by atoms with Gasteiger partial charge >= 0.3 is 0 Å². The van der Waals surface area contributed by atoms with E-state index in [4.69, 9.17) is 0 Å². The maximum absolute atomic E-state index is 1.50. The molecule has 0 amide bonds. The molecule has 0 aromatic carbocycles. The quantitative estimate of drug-likeness (QED) is 0.418. The highest BCUT2D eigenvalue weighted by molar-refractivity contribution is 4.52. The molecule has 0 saturated heterocycles. The lowest BCUT2D eigenvalue weighted by Gasteiger charge is -2.05. The Morgan fingerprint density at radius 2 is 0.182 bits per heavy atom. The van der Waals surface area contributed by atoms with E-state index in [1.807, 2.05) is 0 Å². The van der Waals surface area contributed by atoms with E-state index in [-0.39, 0.29) is 14.9 Å². The lowest BCUT2D eigenvalue weighted by molar-refractivity contribution is 0.504. The smallest absolute Gasteiger partial charge is 0.0533 e. The first-order valence-corrected chi connectivity index (χ1v) is 10.00. The van der Waals surface area contributed by atoms with Crippen LogP contribution in [-0.4, -0.2) is 0 Å². The summed E-state index contributed by atoms with van der Waals surface area (Å²) in [5.74, 6) is 0. The predicted octanol–water partition coefficient (Wildman–Crippen LogP) is 9.07. The molecule has 5 saturated carbocycles. The van der Waals surface area contributed by atoms with Crippen LogP contribution in [0.1, 0.15) is 143 Å². The zero-order valence-corrected chi connectivity index (χ0v) is 14.1. The monoisotopic (exact) mass is 312 g/mol. The van der Waals surface area contributed by atoms with Crippen LogP contribution in [0, 0.1) is 0 Å². The molecule has 22 heavy (non-hydrogen) atoms. The highest BCUT2D eigenvalue weighted by atomic mass is 14.0. The Kier molecular flexibility index (Phi) is 23.2. The zero-order chi connectivity index (χ0) is 14.1. The molecule has 0 spiro atoms. The molecule has 5 aliphatic carbocycles. The molecule has 0 heteroatoms. The molecule has 0 radical (unpaired) electrons. The van der Waals surface area contributed by atoms with Crippen LogP contribution in [0.4, 0.5) is 0 Å². The van der Waals surface area contributed by atoms with Gasteiger partial charge in [0.25, 0.3) is 0 Å². The third-order valence-electron chi connectivity index (χ3n) is 5.00. The van der Waals surface area contributed by atoms with E-state index in [0.29, 0.717) is 0 Å². The van der Waals surface area contributed by atoms with Crippen LogP contribution in [0.25, 0.3) is 0 Å². The van der Waals surface area contributed by atoms with Crippen LogP contribution in [0.15, 0.2) is 0 Å². The third-order valence-corrected chi connectivity index (χ3v) is 5.00. The Morgan fingerprint density at radius 1 is 0.136 bits per heavy atom. The van der Waals surface area contributed by atoms with Crippen molar-refractivity contribution in [2.45, 2.75) is 143 Å². The van der Waals surface area contributed by atoms with Crippen LogP contribution in [-0.2, 0) is 0 Å². The summed E-state index contributed by atoms with van der Waals surface area (Å²) >= 11 is 0. The van der Waals surface area contributed by atoms with Crippen molar-refractivity contribution in [3.63, 3.8) is 0 Å². The van der Waals surface area contributed by atoms with E-state index in [1.165, 1.54) is 128 Å². The molecule has 5 aliphatic rings. The fourth-order valence-electron chi connectivity index (χ4n) is 1.25. The fraction of sp³-hybridized carbons (Fsp3) is 1.00. The van der Waals surface area contributed by atoms with Crippen LogP contribution < -0.4 is 0 Å². The predicted molar refractivity (Wildman–Crippen MR) is 106 cm³/mol. The van der Waals surface area contributed by atoms with Crippen molar-refractivity contribution in [2.75, 3.05) is 0 Å². The van der Waals surface area contributed by atoms with Crippen molar-refractivity contribution in [3.05, 3.63) is 0 Å². The molecule has 5 fully saturated rings. The zero-order valence-electron chi connectivity index (χ0n) is 14.1. The van der Waals surface area contributed by atoms with Crippen LogP contribution >= 0.6 is 0 Å². The van der Waals surface area contributed by atoms with Crippen molar-refractivity contribution in [2.24, 2.45) is 0 Å². The van der Waals surface area contributed by atoms with Gasteiger partial charge < -0.3 is 0 Å². The maximum atomic E-state index is 1.50. The first-order valence-electron chi connectivity index (χ1n) is 10.00. The average molecular weight is 313 g/mol. The van der Waals surface area contributed by atoms with Crippen molar-refractivity contribution < 1.29 is 0 Å². The summed E-state index contributed by atoms with van der Waals surface area (Å²) in [6.45, 7) is 0. The van der Waals surface area contributed by atoms with Gasteiger partial charge in [-0.3, -0.25) is 0 Å². The summed E-state index contributed by atoms with van der Waals surface area (Å²) in [5.41, 5.74) is 0. The van der Waals surface area contributed by atoms with Crippen LogP contribution in [0.2, 0.25) is 0 Å². The molecule has 0 nitrogen and oxygen atoms in total. The molecular weight excluding hydrogens is 264 g/mol. The van der Waals surface area contributed by atoms with Gasteiger partial charge in [0.2, 0.25) is 0 Å². The molecule has 0 N–H and O–H groups in total. The van der Waals surface area contributed by atoms with Gasteiger partial charge in [0, 0.05) is 0 Å². The highest BCUT2D eigenvalue weighted by Crippen LogP contribution is 2.16. The molecule has 0 bridgehead atoms. The Labute approximate surface area is 143 Å². The summed E-state index contributed by atoms with van der Waals surface area (Å²) in [6, 6.07) is 0. The standard InChI is InChI=1S/5C4H8.2CH4/c5*1-2-4-3-1;;/h5*1-4H2;2*1H4. The maximum Gasteiger partial charge on any atom is -0.0533 e. The second-order valence-electron chi connectivity index (χ2n) is 7.07. The minimum Gasteiger partial charge on any atom is -0.0776 e. The third kappa shape index (κ3) is 18.1. The number of hydrogen-bond donors (Lipinski definition) is 0. The molecule has 0 unspecified atom stereocenters. The molecule has 136 valence electrons. The summed E-state index contributed by atoms with van der Waals surface area (Å²) in [4.78, 5) is 0. The lowest BCUT2D eigenvalue weighted by atomic mass is 10.0. The second-order valence-corrected chi connectivity index (χ2v) is 7.07. The molecule has 5 rings (SSSR count). The lowest BCUT2D eigenvalue weighted by Crippen LogP contribution is -1.85. The minimum absolute atomic E-state index is 0. The first kappa shape index (κ1) is 24.3. The summed E-state index contributed by atoms with van der Waals surface area (Å²) < 4.78 is 0. The summed E-state index contributed by atoms with van der Waals surface area (Å²) in [6.07, 6.45) is 30.0. The minimum atomic E-state index is 0. The Hall–Kier alpha value is 0. The normalized spacial score (nSPS) is 21.8. The number of hydrogen-bond acceptors (Lipinski definition) is 0. The molecule has 0 aliphatic heterocycles. The van der Waals surface area contributed by atoms with Gasteiger partial charge in [-0.25, -0.2) is 0 Å². The molecular formula is C22H48. The van der Waals surface area contributed by atoms with Gasteiger partial charge in [-0.1, -0.05) is 143 Å². The highest BCUT2D eigenvalue weighted by Gasteiger charge is 1.96. The van der Waals surface area contributed by atoms with E-state index in [2.05, 4.69) is 0 Å². The van der Waals surface area contributed by atoms with Crippen molar-refractivity contribution in [1.82, 2.24) is 0 Å². The van der Waals surface area contributed by atoms with Gasteiger partial charge in [-0.05, 0) is 0 Å². The average Bonchev–Trinajstić information content (AvgIpc) is 1.79.